The summed E-state index contributed by atoms with van der Waals surface area (Å²) in [6.45, 7) is 0. The van der Waals surface area contributed by atoms with Gasteiger partial charge in [-0.2, -0.15) is 5.10 Å². The van der Waals surface area contributed by atoms with Crippen molar-refractivity contribution >= 4 is 35.0 Å². The fraction of sp³-hybridized carbons (Fsp3) is 0.0588. The number of halogens is 2. The molecule has 0 unspecified atom stereocenters. The molecule has 2 aromatic carbocycles. The molecule has 2 nitrogen and oxygen atoms in total. The lowest BCUT2D eigenvalue weighted by Crippen LogP contribution is -1.96. The van der Waals surface area contributed by atoms with Crippen LogP contribution in [0.1, 0.15) is 11.3 Å². The molecule has 0 aliphatic heterocycles. The van der Waals surface area contributed by atoms with Crippen molar-refractivity contribution in [3.8, 4) is 0 Å². The zero-order valence-electron chi connectivity index (χ0n) is 11.5. The van der Waals surface area contributed by atoms with Crippen LogP contribution in [0.4, 0.5) is 0 Å². The Hall–Kier alpha value is -1.55. The number of hydrogen-bond donors (Lipinski definition) is 0. The Morgan fingerprint density at radius 2 is 1.68 bits per heavy atom. The monoisotopic (exact) mass is 346 g/mol. The molecule has 0 atom stereocenters. The van der Waals surface area contributed by atoms with E-state index >= 15 is 0 Å². The van der Waals surface area contributed by atoms with Crippen molar-refractivity contribution in [3.05, 3.63) is 82.0 Å². The van der Waals surface area contributed by atoms with Crippen LogP contribution in [0.2, 0.25) is 10.0 Å². The lowest BCUT2D eigenvalue weighted by Gasteiger charge is -2.05. The first-order valence-electron chi connectivity index (χ1n) is 6.70. The Bertz CT molecular complexity index is 761. The van der Waals surface area contributed by atoms with Crippen LogP contribution in [0.25, 0.3) is 0 Å². The van der Waals surface area contributed by atoms with Gasteiger partial charge in [-0.05, 0) is 42.0 Å². The normalized spacial score (nSPS) is 10.6. The Kier molecular flexibility index (Phi) is 4.98. The highest BCUT2D eigenvalue weighted by molar-refractivity contribution is 7.99. The van der Waals surface area contributed by atoms with E-state index in [1.165, 1.54) is 0 Å². The van der Waals surface area contributed by atoms with Gasteiger partial charge in [-0.1, -0.05) is 59.2 Å². The zero-order valence-corrected chi connectivity index (χ0v) is 13.9. The third-order valence-corrected chi connectivity index (χ3v) is 4.57. The predicted molar refractivity (Wildman–Crippen MR) is 91.9 cm³/mol. The van der Waals surface area contributed by atoms with E-state index in [4.69, 9.17) is 23.2 Å². The van der Waals surface area contributed by atoms with Crippen molar-refractivity contribution in [2.75, 3.05) is 0 Å². The number of nitrogens with zero attached hydrogens (tertiary/aromatic N) is 2. The van der Waals surface area contributed by atoms with Crippen molar-refractivity contribution < 1.29 is 0 Å². The van der Waals surface area contributed by atoms with Crippen LogP contribution in [-0.4, -0.2) is 10.2 Å². The molecule has 0 bridgehead atoms. The maximum atomic E-state index is 6.18. The van der Waals surface area contributed by atoms with Crippen molar-refractivity contribution in [1.29, 1.82) is 0 Å². The molecule has 0 spiro atoms. The molecule has 0 saturated heterocycles. The van der Waals surface area contributed by atoms with Gasteiger partial charge in [0.05, 0.1) is 5.69 Å². The van der Waals surface area contributed by atoms with Crippen LogP contribution in [0.3, 0.4) is 0 Å². The average molecular weight is 347 g/mol. The fourth-order valence-electron chi connectivity index (χ4n) is 1.97. The molecule has 110 valence electrons. The molecule has 0 saturated carbocycles. The molecule has 3 rings (SSSR count). The summed E-state index contributed by atoms with van der Waals surface area (Å²) in [6.07, 6.45) is 0.638. The predicted octanol–water partition coefficient (Wildman–Crippen LogP) is 5.53. The number of rotatable bonds is 4. The molecule has 0 aliphatic carbocycles. The van der Waals surface area contributed by atoms with Gasteiger partial charge in [-0.25, -0.2) is 0 Å². The summed E-state index contributed by atoms with van der Waals surface area (Å²) in [5.74, 6) is 0. The third kappa shape index (κ3) is 4.01. The Morgan fingerprint density at radius 3 is 2.36 bits per heavy atom. The quantitative estimate of drug-likeness (QED) is 0.621. The van der Waals surface area contributed by atoms with Gasteiger partial charge in [0.1, 0.15) is 5.03 Å². The zero-order chi connectivity index (χ0) is 15.4. The van der Waals surface area contributed by atoms with Crippen LogP contribution in [0.5, 0.6) is 0 Å². The minimum atomic E-state index is 0.634. The molecule has 3 aromatic rings. The summed E-state index contributed by atoms with van der Waals surface area (Å²) in [4.78, 5) is 1.14. The Morgan fingerprint density at radius 1 is 0.864 bits per heavy atom. The minimum absolute atomic E-state index is 0.634. The average Bonchev–Trinajstić information content (AvgIpc) is 2.53. The molecule has 0 aliphatic rings. The van der Waals surface area contributed by atoms with Crippen molar-refractivity contribution in [1.82, 2.24) is 10.2 Å². The van der Waals surface area contributed by atoms with E-state index in [0.717, 1.165) is 21.2 Å². The van der Waals surface area contributed by atoms with E-state index in [9.17, 15) is 0 Å². The second-order valence-electron chi connectivity index (χ2n) is 4.69. The highest BCUT2D eigenvalue weighted by Gasteiger charge is 2.05. The molecule has 5 heteroatoms. The summed E-state index contributed by atoms with van der Waals surface area (Å²) in [5.41, 5.74) is 1.87. The first kappa shape index (κ1) is 15.3. The maximum absolute atomic E-state index is 6.18. The second kappa shape index (κ2) is 7.14. The van der Waals surface area contributed by atoms with E-state index < -0.39 is 0 Å². The van der Waals surface area contributed by atoms with Crippen molar-refractivity contribution in [2.45, 2.75) is 16.3 Å². The van der Waals surface area contributed by atoms with E-state index in [0.29, 0.717) is 16.5 Å². The van der Waals surface area contributed by atoms with Crippen LogP contribution in [0, 0.1) is 0 Å². The van der Waals surface area contributed by atoms with Crippen LogP contribution in [0.15, 0.2) is 70.6 Å². The van der Waals surface area contributed by atoms with E-state index in [1.807, 2.05) is 54.6 Å². The number of benzene rings is 2. The topological polar surface area (TPSA) is 25.8 Å². The first-order valence-corrected chi connectivity index (χ1v) is 8.27. The second-order valence-corrected chi connectivity index (χ2v) is 6.63. The minimum Gasteiger partial charge on any atom is -0.154 e. The molecule has 0 amide bonds. The third-order valence-electron chi connectivity index (χ3n) is 3.05. The molecule has 0 radical (unpaired) electrons. The molecule has 1 heterocycles. The van der Waals surface area contributed by atoms with E-state index in [-0.39, 0.29) is 0 Å². The van der Waals surface area contributed by atoms with Gasteiger partial charge in [0.15, 0.2) is 0 Å². The van der Waals surface area contributed by atoms with Gasteiger partial charge in [0.2, 0.25) is 0 Å². The van der Waals surface area contributed by atoms with Gasteiger partial charge < -0.3 is 0 Å². The summed E-state index contributed by atoms with van der Waals surface area (Å²) in [6, 6.07) is 19.5. The van der Waals surface area contributed by atoms with Gasteiger partial charge in [-0.3, -0.25) is 0 Å². The smallest absolute Gasteiger partial charge is 0.124 e. The lowest BCUT2D eigenvalue weighted by molar-refractivity contribution is 0.869. The van der Waals surface area contributed by atoms with Gasteiger partial charge in [-0.15, -0.1) is 5.10 Å². The standard InChI is InChI=1S/C17H12Cl2N2S/c18-13-7-6-12(16(19)11-13)10-14-8-9-17(21-20-14)22-15-4-2-1-3-5-15/h1-9,11H,10H2. The van der Waals surface area contributed by atoms with Crippen LogP contribution < -0.4 is 0 Å². The molecule has 0 fully saturated rings. The fourth-order valence-corrected chi connectivity index (χ4v) is 3.19. The van der Waals surface area contributed by atoms with Crippen LogP contribution >= 0.6 is 35.0 Å². The molecule has 22 heavy (non-hydrogen) atoms. The Balaban J connectivity index is 1.71. The summed E-state index contributed by atoms with van der Waals surface area (Å²) in [5, 5.41) is 10.7. The van der Waals surface area contributed by atoms with E-state index in [1.54, 1.807) is 17.8 Å². The molecular weight excluding hydrogens is 335 g/mol. The molecular formula is C17H12Cl2N2S. The molecule has 0 N–H and O–H groups in total. The van der Waals surface area contributed by atoms with E-state index in [2.05, 4.69) is 10.2 Å². The van der Waals surface area contributed by atoms with Gasteiger partial charge in [0.25, 0.3) is 0 Å². The lowest BCUT2D eigenvalue weighted by atomic mass is 10.1. The van der Waals surface area contributed by atoms with Gasteiger partial charge in [0, 0.05) is 21.4 Å². The van der Waals surface area contributed by atoms with Crippen LogP contribution in [-0.2, 0) is 6.42 Å². The number of hydrogen-bond acceptors (Lipinski definition) is 3. The SMILES string of the molecule is Clc1ccc(Cc2ccc(Sc3ccccc3)nn2)c(Cl)c1. The summed E-state index contributed by atoms with van der Waals surface area (Å²) < 4.78 is 0. The Labute approximate surface area is 143 Å². The largest absolute Gasteiger partial charge is 0.154 e. The highest BCUT2D eigenvalue weighted by atomic mass is 35.5. The summed E-state index contributed by atoms with van der Waals surface area (Å²) in [7, 11) is 0. The number of aromatic nitrogens is 2. The first-order chi connectivity index (χ1) is 10.7. The van der Waals surface area contributed by atoms with Crippen molar-refractivity contribution in [3.63, 3.8) is 0 Å². The highest BCUT2D eigenvalue weighted by Crippen LogP contribution is 2.26. The summed E-state index contributed by atoms with van der Waals surface area (Å²) >= 11 is 13.7. The van der Waals surface area contributed by atoms with Crippen molar-refractivity contribution in [2.24, 2.45) is 0 Å². The maximum Gasteiger partial charge on any atom is 0.124 e. The van der Waals surface area contributed by atoms with Gasteiger partial charge >= 0.3 is 0 Å². The molecule has 1 aromatic heterocycles.